The third kappa shape index (κ3) is 3.78. The van der Waals surface area contributed by atoms with Crippen LogP contribution in [0.3, 0.4) is 0 Å². The number of nitrogens with zero attached hydrogens (tertiary/aromatic N) is 3. The number of rotatable bonds is 6. The van der Waals surface area contributed by atoms with E-state index in [9.17, 15) is 0 Å². The standard InChI is InChI=1S/C16H24N4OS2/c1-4-10(5-2)12-8-11(6-7-21-12)19-14-13-15(18-9-17-14)20-16(22-3)23-13/h9-12H,4-8H2,1-3H3,(H,17,18,19). The van der Waals surface area contributed by atoms with Gasteiger partial charge in [0.1, 0.15) is 16.8 Å². The lowest BCUT2D eigenvalue weighted by molar-refractivity contribution is -0.0271. The maximum absolute atomic E-state index is 6.01. The van der Waals surface area contributed by atoms with Crippen molar-refractivity contribution in [3.05, 3.63) is 6.33 Å². The van der Waals surface area contributed by atoms with Gasteiger partial charge in [-0.15, -0.1) is 11.3 Å². The Morgan fingerprint density at radius 1 is 1.39 bits per heavy atom. The molecule has 0 saturated carbocycles. The molecule has 0 amide bonds. The van der Waals surface area contributed by atoms with Crippen molar-refractivity contribution in [2.75, 3.05) is 18.2 Å². The summed E-state index contributed by atoms with van der Waals surface area (Å²) in [5.74, 6) is 1.57. The van der Waals surface area contributed by atoms with E-state index in [0.29, 0.717) is 18.1 Å². The van der Waals surface area contributed by atoms with Gasteiger partial charge in [-0.1, -0.05) is 38.5 Å². The van der Waals surface area contributed by atoms with Gasteiger partial charge >= 0.3 is 0 Å². The van der Waals surface area contributed by atoms with Crippen molar-refractivity contribution in [3.63, 3.8) is 0 Å². The van der Waals surface area contributed by atoms with Gasteiger partial charge in [0.15, 0.2) is 9.99 Å². The van der Waals surface area contributed by atoms with Crippen molar-refractivity contribution >= 4 is 39.3 Å². The van der Waals surface area contributed by atoms with Crippen molar-refractivity contribution in [2.24, 2.45) is 5.92 Å². The molecule has 23 heavy (non-hydrogen) atoms. The zero-order valence-electron chi connectivity index (χ0n) is 13.9. The Balaban J connectivity index is 1.75. The number of thiazole rings is 1. The minimum Gasteiger partial charge on any atom is -0.378 e. The second kappa shape index (κ2) is 7.77. The Kier molecular flexibility index (Phi) is 5.71. The van der Waals surface area contributed by atoms with Crippen molar-refractivity contribution in [1.82, 2.24) is 15.0 Å². The number of aromatic nitrogens is 3. The van der Waals surface area contributed by atoms with Gasteiger partial charge in [0.05, 0.1) is 6.10 Å². The van der Waals surface area contributed by atoms with Crippen LogP contribution in [0.1, 0.15) is 39.5 Å². The molecule has 1 aliphatic rings. The predicted molar refractivity (Wildman–Crippen MR) is 97.4 cm³/mol. The fraction of sp³-hybridized carbons (Fsp3) is 0.688. The molecule has 0 spiro atoms. The fourth-order valence-electron chi connectivity index (χ4n) is 3.22. The summed E-state index contributed by atoms with van der Waals surface area (Å²) in [4.78, 5) is 13.3. The lowest BCUT2D eigenvalue weighted by atomic mass is 9.89. The molecule has 1 saturated heterocycles. The maximum Gasteiger partial charge on any atom is 0.176 e. The smallest absolute Gasteiger partial charge is 0.176 e. The fourth-order valence-corrected chi connectivity index (χ4v) is 4.69. The Morgan fingerprint density at radius 2 is 2.22 bits per heavy atom. The van der Waals surface area contributed by atoms with E-state index in [4.69, 9.17) is 4.74 Å². The number of ether oxygens (including phenoxy) is 1. The lowest BCUT2D eigenvalue weighted by Gasteiger charge is -2.34. The predicted octanol–water partition coefficient (Wildman–Crippen LogP) is 4.20. The largest absolute Gasteiger partial charge is 0.378 e. The van der Waals surface area contributed by atoms with Crippen LogP contribution in [0.2, 0.25) is 0 Å². The zero-order valence-corrected chi connectivity index (χ0v) is 15.5. The summed E-state index contributed by atoms with van der Waals surface area (Å²) in [6, 6.07) is 0.410. The van der Waals surface area contributed by atoms with E-state index < -0.39 is 0 Å². The van der Waals surface area contributed by atoms with E-state index in [1.165, 1.54) is 12.8 Å². The van der Waals surface area contributed by atoms with Crippen LogP contribution in [0.4, 0.5) is 5.82 Å². The molecule has 1 fully saturated rings. The van der Waals surface area contributed by atoms with Crippen LogP contribution in [-0.2, 0) is 4.74 Å². The summed E-state index contributed by atoms with van der Waals surface area (Å²) < 4.78 is 8.10. The topological polar surface area (TPSA) is 59.9 Å². The number of hydrogen-bond donors (Lipinski definition) is 1. The van der Waals surface area contributed by atoms with E-state index in [0.717, 1.165) is 40.0 Å². The third-order valence-electron chi connectivity index (χ3n) is 4.58. The van der Waals surface area contributed by atoms with Crippen LogP contribution >= 0.6 is 23.1 Å². The summed E-state index contributed by atoms with van der Waals surface area (Å²) in [6.07, 6.45) is 8.43. The van der Waals surface area contributed by atoms with Gasteiger partial charge in [-0.3, -0.25) is 0 Å². The lowest BCUT2D eigenvalue weighted by Crippen LogP contribution is -2.38. The molecule has 0 aliphatic carbocycles. The molecule has 5 nitrogen and oxygen atoms in total. The summed E-state index contributed by atoms with van der Waals surface area (Å²) >= 11 is 3.31. The first kappa shape index (κ1) is 16.9. The van der Waals surface area contributed by atoms with Crippen LogP contribution in [0.5, 0.6) is 0 Å². The molecule has 0 radical (unpaired) electrons. The van der Waals surface area contributed by atoms with Gasteiger partial charge in [-0.2, -0.15) is 0 Å². The number of fused-ring (bicyclic) bond motifs is 1. The summed E-state index contributed by atoms with van der Waals surface area (Å²) in [7, 11) is 0. The molecule has 2 atom stereocenters. The number of hydrogen-bond acceptors (Lipinski definition) is 7. The van der Waals surface area contributed by atoms with E-state index in [1.807, 2.05) is 6.26 Å². The average Bonchev–Trinajstić information content (AvgIpc) is 3.01. The number of thioether (sulfide) groups is 1. The molecule has 1 N–H and O–H groups in total. The highest BCUT2D eigenvalue weighted by atomic mass is 32.2. The summed E-state index contributed by atoms with van der Waals surface area (Å²) in [6.45, 7) is 5.33. The first-order chi connectivity index (χ1) is 11.2. The second-order valence-corrected chi connectivity index (χ2v) is 7.96. The quantitative estimate of drug-likeness (QED) is 0.786. The van der Waals surface area contributed by atoms with Crippen molar-refractivity contribution in [3.8, 4) is 0 Å². The SMILES string of the molecule is CCC(CC)C1CC(Nc2ncnc3nc(SC)sc23)CCO1. The highest BCUT2D eigenvalue weighted by molar-refractivity contribution is 8.00. The van der Waals surface area contributed by atoms with Gasteiger partial charge in [0, 0.05) is 12.6 Å². The summed E-state index contributed by atoms with van der Waals surface area (Å²) in [5.41, 5.74) is 0.792. The van der Waals surface area contributed by atoms with Crippen molar-refractivity contribution < 1.29 is 4.74 Å². The van der Waals surface area contributed by atoms with Crippen LogP contribution in [0.15, 0.2) is 10.7 Å². The van der Waals surface area contributed by atoms with Crippen LogP contribution in [-0.4, -0.2) is 40.0 Å². The van der Waals surface area contributed by atoms with Crippen molar-refractivity contribution in [1.29, 1.82) is 0 Å². The van der Waals surface area contributed by atoms with E-state index in [1.54, 1.807) is 29.4 Å². The van der Waals surface area contributed by atoms with Crippen LogP contribution in [0.25, 0.3) is 10.3 Å². The van der Waals surface area contributed by atoms with Gasteiger partial charge in [0.2, 0.25) is 0 Å². The zero-order chi connectivity index (χ0) is 16.2. The number of anilines is 1. The molecule has 0 bridgehead atoms. The van der Waals surface area contributed by atoms with Gasteiger partial charge in [-0.25, -0.2) is 15.0 Å². The molecule has 3 heterocycles. The average molecular weight is 353 g/mol. The molecule has 7 heteroatoms. The minimum absolute atomic E-state index is 0.358. The van der Waals surface area contributed by atoms with Gasteiger partial charge in [0.25, 0.3) is 0 Å². The van der Waals surface area contributed by atoms with Crippen molar-refractivity contribution in [2.45, 2.75) is 56.0 Å². The first-order valence-corrected chi connectivity index (χ1v) is 10.3. The Hall–Kier alpha value is -0.920. The molecule has 0 aromatic carbocycles. The molecule has 2 aromatic heterocycles. The van der Waals surface area contributed by atoms with Crippen LogP contribution in [0, 0.1) is 5.92 Å². The number of nitrogens with one attached hydrogen (secondary N) is 1. The van der Waals surface area contributed by atoms with Gasteiger partial charge < -0.3 is 10.1 Å². The Labute approximate surface area is 145 Å². The minimum atomic E-state index is 0.358. The van der Waals surface area contributed by atoms with E-state index in [-0.39, 0.29) is 0 Å². The monoisotopic (exact) mass is 352 g/mol. The normalized spacial score (nSPS) is 21.9. The molecular weight excluding hydrogens is 328 g/mol. The molecule has 1 aliphatic heterocycles. The molecule has 126 valence electrons. The Bertz CT molecular complexity index is 644. The second-order valence-electron chi connectivity index (χ2n) is 5.91. The first-order valence-electron chi connectivity index (χ1n) is 8.28. The van der Waals surface area contributed by atoms with E-state index >= 15 is 0 Å². The van der Waals surface area contributed by atoms with E-state index in [2.05, 4.69) is 34.1 Å². The molecule has 2 aromatic rings. The summed E-state index contributed by atoms with van der Waals surface area (Å²) in [5, 5.41) is 3.62. The molecule has 3 rings (SSSR count). The maximum atomic E-state index is 6.01. The highest BCUT2D eigenvalue weighted by Gasteiger charge is 2.28. The molecule has 2 unspecified atom stereocenters. The molecular formula is C16H24N4OS2. The Morgan fingerprint density at radius 3 is 2.96 bits per heavy atom. The van der Waals surface area contributed by atoms with Gasteiger partial charge in [-0.05, 0) is 25.0 Å². The van der Waals surface area contributed by atoms with Crippen LogP contribution < -0.4 is 5.32 Å². The third-order valence-corrected chi connectivity index (χ3v) is 6.61. The highest BCUT2D eigenvalue weighted by Crippen LogP contribution is 2.33.